The normalized spacial score (nSPS) is 50.8. The molecule has 0 amide bonds. The van der Waals surface area contributed by atoms with Gasteiger partial charge in [-0.3, -0.25) is 0 Å². The number of hydrogen-bond donors (Lipinski definition) is 0. The topological polar surface area (TPSA) is 0 Å². The van der Waals surface area contributed by atoms with Crippen LogP contribution in [-0.2, 0) is 0 Å². The quantitative estimate of drug-likeness (QED) is 0.452. The van der Waals surface area contributed by atoms with Gasteiger partial charge in [0.25, 0.3) is 0 Å². The van der Waals surface area contributed by atoms with Crippen molar-refractivity contribution in [1.29, 1.82) is 0 Å². The number of rotatable bonds is 1. The molecule has 0 spiro atoms. The van der Waals surface area contributed by atoms with E-state index in [9.17, 15) is 0 Å². The summed E-state index contributed by atoms with van der Waals surface area (Å²) >= 11 is 0. The van der Waals surface area contributed by atoms with Crippen molar-refractivity contribution in [2.24, 2.45) is 17.8 Å². The molecular formula is C8H12. The Morgan fingerprint density at radius 1 is 1.62 bits per heavy atom. The maximum absolute atomic E-state index is 2.40. The van der Waals surface area contributed by atoms with E-state index in [1.54, 1.807) is 5.57 Å². The standard InChI is InChI=1S/C8H12/c1-5-3-7(5)8-4-6(8)2/h3,6-8H,4H2,1-2H3. The molecule has 0 aromatic heterocycles. The minimum Gasteiger partial charge on any atom is -0.0775 e. The summed E-state index contributed by atoms with van der Waals surface area (Å²) in [6.45, 7) is 4.60. The van der Waals surface area contributed by atoms with Crippen LogP contribution in [0.25, 0.3) is 0 Å². The second-order valence-corrected chi connectivity index (χ2v) is 3.31. The molecule has 0 aromatic rings. The van der Waals surface area contributed by atoms with Crippen LogP contribution in [0.4, 0.5) is 0 Å². The molecule has 2 rings (SSSR count). The lowest BCUT2D eigenvalue weighted by Gasteiger charge is -1.89. The van der Waals surface area contributed by atoms with E-state index in [1.165, 1.54) is 6.42 Å². The Labute approximate surface area is 50.6 Å². The molecule has 3 atom stereocenters. The van der Waals surface area contributed by atoms with E-state index in [2.05, 4.69) is 19.9 Å². The minimum absolute atomic E-state index is 0.949. The molecule has 0 bridgehead atoms. The van der Waals surface area contributed by atoms with Gasteiger partial charge >= 0.3 is 0 Å². The van der Waals surface area contributed by atoms with Gasteiger partial charge in [-0.15, -0.1) is 0 Å². The molecule has 0 saturated heterocycles. The monoisotopic (exact) mass is 108 g/mol. The van der Waals surface area contributed by atoms with Crippen molar-refractivity contribution in [2.45, 2.75) is 20.3 Å². The predicted octanol–water partition coefficient (Wildman–Crippen LogP) is 2.22. The zero-order chi connectivity index (χ0) is 5.72. The van der Waals surface area contributed by atoms with Crippen molar-refractivity contribution in [2.75, 3.05) is 0 Å². The lowest BCUT2D eigenvalue weighted by atomic mass is 10.2. The van der Waals surface area contributed by atoms with E-state index >= 15 is 0 Å². The SMILES string of the molecule is CC1=CC1C1CC1C. The fraction of sp³-hybridized carbons (Fsp3) is 0.750. The molecule has 44 valence electrons. The number of allylic oxidation sites excluding steroid dienone is 2. The highest BCUT2D eigenvalue weighted by molar-refractivity contribution is 5.30. The molecule has 0 heteroatoms. The van der Waals surface area contributed by atoms with Gasteiger partial charge in [0, 0.05) is 5.92 Å². The van der Waals surface area contributed by atoms with Gasteiger partial charge in [0.2, 0.25) is 0 Å². The van der Waals surface area contributed by atoms with E-state index in [0.717, 1.165) is 17.8 Å². The number of hydrogen-bond acceptors (Lipinski definition) is 0. The van der Waals surface area contributed by atoms with Gasteiger partial charge < -0.3 is 0 Å². The molecule has 0 N–H and O–H groups in total. The van der Waals surface area contributed by atoms with Crippen molar-refractivity contribution in [1.82, 2.24) is 0 Å². The highest BCUT2D eigenvalue weighted by Gasteiger charge is 2.43. The maximum Gasteiger partial charge on any atom is 0.000790 e. The third kappa shape index (κ3) is 0.521. The molecule has 0 heterocycles. The molecule has 1 fully saturated rings. The van der Waals surface area contributed by atoms with Crippen molar-refractivity contribution < 1.29 is 0 Å². The Balaban J connectivity index is 1.88. The van der Waals surface area contributed by atoms with E-state index < -0.39 is 0 Å². The van der Waals surface area contributed by atoms with E-state index in [4.69, 9.17) is 0 Å². The average molecular weight is 108 g/mol. The summed E-state index contributed by atoms with van der Waals surface area (Å²) in [7, 11) is 0. The first-order chi connectivity index (χ1) is 3.79. The molecular weight excluding hydrogens is 96.1 g/mol. The third-order valence-corrected chi connectivity index (χ3v) is 2.49. The zero-order valence-corrected chi connectivity index (χ0v) is 5.52. The molecule has 1 saturated carbocycles. The molecule has 2 aliphatic rings. The molecule has 0 radical (unpaired) electrons. The van der Waals surface area contributed by atoms with Crippen LogP contribution in [0.15, 0.2) is 11.6 Å². The Kier molecular flexibility index (Phi) is 0.677. The molecule has 3 unspecified atom stereocenters. The summed E-state index contributed by atoms with van der Waals surface area (Å²) < 4.78 is 0. The second-order valence-electron chi connectivity index (χ2n) is 3.31. The largest absolute Gasteiger partial charge is 0.0775 e. The fourth-order valence-corrected chi connectivity index (χ4v) is 1.55. The van der Waals surface area contributed by atoms with Crippen LogP contribution < -0.4 is 0 Å². The van der Waals surface area contributed by atoms with Gasteiger partial charge in [-0.25, -0.2) is 0 Å². The highest BCUT2D eigenvalue weighted by Crippen LogP contribution is 2.52. The van der Waals surface area contributed by atoms with Crippen molar-refractivity contribution >= 4 is 0 Å². The average Bonchev–Trinajstić information content (AvgIpc) is 2.47. The van der Waals surface area contributed by atoms with Crippen LogP contribution in [-0.4, -0.2) is 0 Å². The molecule has 0 nitrogen and oxygen atoms in total. The van der Waals surface area contributed by atoms with Gasteiger partial charge in [0.15, 0.2) is 0 Å². The smallest absolute Gasteiger partial charge is 0.000790 e. The third-order valence-electron chi connectivity index (χ3n) is 2.49. The van der Waals surface area contributed by atoms with Crippen LogP contribution in [0.1, 0.15) is 20.3 Å². The highest BCUT2D eigenvalue weighted by atomic mass is 14.5. The molecule has 0 aliphatic heterocycles. The Bertz CT molecular complexity index is 144. The van der Waals surface area contributed by atoms with Crippen LogP contribution in [0.2, 0.25) is 0 Å². The van der Waals surface area contributed by atoms with Crippen LogP contribution in [0.3, 0.4) is 0 Å². The summed E-state index contributed by atoms with van der Waals surface area (Å²) in [5, 5.41) is 0. The van der Waals surface area contributed by atoms with E-state index in [0.29, 0.717) is 0 Å². The van der Waals surface area contributed by atoms with Gasteiger partial charge in [-0.1, -0.05) is 18.6 Å². The van der Waals surface area contributed by atoms with E-state index in [-0.39, 0.29) is 0 Å². The Hall–Kier alpha value is -0.260. The second kappa shape index (κ2) is 1.18. The first kappa shape index (κ1) is 4.60. The van der Waals surface area contributed by atoms with Crippen molar-refractivity contribution in [3.63, 3.8) is 0 Å². The summed E-state index contributed by atoms with van der Waals surface area (Å²) in [5.41, 5.74) is 1.64. The van der Waals surface area contributed by atoms with Crippen LogP contribution >= 0.6 is 0 Å². The molecule has 0 aromatic carbocycles. The lowest BCUT2D eigenvalue weighted by Crippen LogP contribution is -1.82. The van der Waals surface area contributed by atoms with Gasteiger partial charge in [-0.05, 0) is 25.2 Å². The zero-order valence-electron chi connectivity index (χ0n) is 5.52. The van der Waals surface area contributed by atoms with Crippen molar-refractivity contribution in [3.05, 3.63) is 11.6 Å². The van der Waals surface area contributed by atoms with Gasteiger partial charge in [0.1, 0.15) is 0 Å². The summed E-state index contributed by atoms with van der Waals surface area (Å²) in [6.07, 6.45) is 3.88. The van der Waals surface area contributed by atoms with Gasteiger partial charge in [0.05, 0.1) is 0 Å². The van der Waals surface area contributed by atoms with Crippen LogP contribution in [0, 0.1) is 17.8 Å². The van der Waals surface area contributed by atoms with E-state index in [1.807, 2.05) is 0 Å². The van der Waals surface area contributed by atoms with Crippen LogP contribution in [0.5, 0.6) is 0 Å². The summed E-state index contributed by atoms with van der Waals surface area (Å²) in [4.78, 5) is 0. The molecule has 2 aliphatic carbocycles. The van der Waals surface area contributed by atoms with Gasteiger partial charge in [-0.2, -0.15) is 0 Å². The minimum atomic E-state index is 0.949. The maximum atomic E-state index is 2.40. The van der Waals surface area contributed by atoms with Crippen molar-refractivity contribution in [3.8, 4) is 0 Å². The fourth-order valence-electron chi connectivity index (χ4n) is 1.55. The molecule has 8 heavy (non-hydrogen) atoms. The predicted molar refractivity (Wildman–Crippen MR) is 34.5 cm³/mol. The first-order valence-electron chi connectivity index (χ1n) is 3.47. The summed E-state index contributed by atoms with van der Waals surface area (Å²) in [6, 6.07) is 0. The first-order valence-corrected chi connectivity index (χ1v) is 3.47. The summed E-state index contributed by atoms with van der Waals surface area (Å²) in [5.74, 6) is 3.05. The lowest BCUT2D eigenvalue weighted by molar-refractivity contribution is 0.685. The Morgan fingerprint density at radius 3 is 2.25 bits per heavy atom. The Morgan fingerprint density at radius 2 is 2.12 bits per heavy atom.